The molecule has 0 aromatic heterocycles. The lowest BCUT2D eigenvalue weighted by atomic mass is 9.90. The molecule has 1 saturated heterocycles. The number of phenolic OH excluding ortho intramolecular Hbond substituents is 1. The third kappa shape index (κ3) is 3.93. The second-order valence-electron chi connectivity index (χ2n) is 7.85. The van der Waals surface area contributed by atoms with Gasteiger partial charge in [0, 0.05) is 41.1 Å². The van der Waals surface area contributed by atoms with Gasteiger partial charge in [-0.2, -0.15) is 0 Å². The van der Waals surface area contributed by atoms with E-state index in [4.69, 9.17) is 0 Å². The average molecular weight is 367 g/mol. The van der Waals surface area contributed by atoms with Crippen LogP contribution < -0.4 is 5.32 Å². The van der Waals surface area contributed by atoms with Gasteiger partial charge in [0.05, 0.1) is 0 Å². The number of rotatable bonds is 5. The lowest BCUT2D eigenvalue weighted by Gasteiger charge is -2.35. The number of nitrogens with zero attached hydrogens (tertiary/aromatic N) is 2. The molecule has 0 unspecified atom stereocenters. The van der Waals surface area contributed by atoms with Crippen LogP contribution in [0.25, 0.3) is 0 Å². The number of phenols is 1. The Morgan fingerprint density at radius 2 is 1.70 bits per heavy atom. The Morgan fingerprint density at radius 3 is 2.30 bits per heavy atom. The number of carbonyl (C=O) groups is 1. The van der Waals surface area contributed by atoms with Gasteiger partial charge in [-0.05, 0) is 77.2 Å². The third-order valence-corrected chi connectivity index (χ3v) is 5.58. The minimum atomic E-state index is -0.348. The quantitative estimate of drug-likeness (QED) is 0.833. The normalized spacial score (nSPS) is 14.6. The Kier molecular flexibility index (Phi) is 5.42. The fraction of sp³-hybridized carbons (Fsp3) is 0.409. The topological polar surface area (TPSA) is 55.8 Å². The van der Waals surface area contributed by atoms with Crippen LogP contribution in [0.3, 0.4) is 0 Å². The molecule has 1 heterocycles. The van der Waals surface area contributed by atoms with Crippen molar-refractivity contribution in [1.29, 1.82) is 0 Å². The summed E-state index contributed by atoms with van der Waals surface area (Å²) in [5.74, 6) is 0.366. The van der Waals surface area contributed by atoms with Gasteiger partial charge < -0.3 is 15.3 Å². The monoisotopic (exact) mass is 367 g/mol. The summed E-state index contributed by atoms with van der Waals surface area (Å²) in [5.41, 5.74) is 2.94. The molecule has 0 spiro atoms. The van der Waals surface area contributed by atoms with E-state index in [2.05, 4.69) is 24.1 Å². The van der Waals surface area contributed by atoms with Crippen molar-refractivity contribution >= 4 is 17.3 Å². The van der Waals surface area contributed by atoms with Crippen LogP contribution in [0.1, 0.15) is 42.6 Å². The summed E-state index contributed by atoms with van der Waals surface area (Å²) in [6.07, 6.45) is 2.18. The van der Waals surface area contributed by atoms with Gasteiger partial charge in [-0.25, -0.2) is 0 Å². The number of amides is 1. The zero-order chi connectivity index (χ0) is 19.6. The van der Waals surface area contributed by atoms with Crippen LogP contribution in [-0.4, -0.2) is 48.0 Å². The molecule has 2 N–H and O–H groups in total. The van der Waals surface area contributed by atoms with Crippen LogP contribution in [0.5, 0.6) is 5.75 Å². The molecule has 144 valence electrons. The molecule has 2 aromatic rings. The van der Waals surface area contributed by atoms with Crippen molar-refractivity contribution in [1.82, 2.24) is 9.80 Å². The van der Waals surface area contributed by atoms with Crippen LogP contribution in [0.4, 0.5) is 11.4 Å². The van der Waals surface area contributed by atoms with Gasteiger partial charge in [-0.15, -0.1) is 0 Å². The summed E-state index contributed by atoms with van der Waals surface area (Å²) in [4.78, 5) is 16.5. The van der Waals surface area contributed by atoms with Crippen LogP contribution in [-0.2, 0) is 5.54 Å². The summed E-state index contributed by atoms with van der Waals surface area (Å²) in [5, 5.41) is 13.9. The van der Waals surface area contributed by atoms with Crippen LogP contribution in [0, 0.1) is 0 Å². The SMILES string of the molecule is CN(C)C(C)(C)c1c(O)cccc1Nc1ccc(C(=O)N2CCCC2)cc1. The number of anilines is 2. The summed E-state index contributed by atoms with van der Waals surface area (Å²) >= 11 is 0. The zero-order valence-electron chi connectivity index (χ0n) is 16.6. The van der Waals surface area contributed by atoms with E-state index >= 15 is 0 Å². The number of carbonyl (C=O) groups excluding carboxylic acids is 1. The summed E-state index contributed by atoms with van der Waals surface area (Å²) in [7, 11) is 3.99. The first kappa shape index (κ1) is 19.2. The molecule has 0 atom stereocenters. The smallest absolute Gasteiger partial charge is 0.253 e. The Balaban J connectivity index is 1.84. The highest BCUT2D eigenvalue weighted by Gasteiger charge is 2.29. The number of likely N-dealkylation sites (tertiary alicyclic amines) is 1. The third-order valence-electron chi connectivity index (χ3n) is 5.58. The maximum absolute atomic E-state index is 12.5. The van der Waals surface area contributed by atoms with Crippen LogP contribution in [0.2, 0.25) is 0 Å². The highest BCUT2D eigenvalue weighted by Crippen LogP contribution is 2.39. The maximum Gasteiger partial charge on any atom is 0.253 e. The summed E-state index contributed by atoms with van der Waals surface area (Å²) < 4.78 is 0. The highest BCUT2D eigenvalue weighted by atomic mass is 16.3. The molecule has 1 amide bonds. The largest absolute Gasteiger partial charge is 0.508 e. The molecule has 3 rings (SSSR count). The van der Waals surface area contributed by atoms with Crippen molar-refractivity contribution in [2.45, 2.75) is 32.2 Å². The van der Waals surface area contributed by atoms with Crippen LogP contribution >= 0.6 is 0 Å². The molecule has 5 heteroatoms. The van der Waals surface area contributed by atoms with Crippen molar-refractivity contribution in [3.63, 3.8) is 0 Å². The maximum atomic E-state index is 12.5. The van der Waals surface area contributed by atoms with Gasteiger partial charge in [0.15, 0.2) is 0 Å². The molecule has 0 bridgehead atoms. The molecule has 1 aliphatic heterocycles. The number of nitrogens with one attached hydrogen (secondary N) is 1. The minimum Gasteiger partial charge on any atom is -0.508 e. The molecular formula is C22H29N3O2. The Labute approximate surface area is 161 Å². The molecule has 27 heavy (non-hydrogen) atoms. The van der Waals surface area contributed by atoms with Gasteiger partial charge in [0.1, 0.15) is 5.75 Å². The van der Waals surface area contributed by atoms with Crippen molar-refractivity contribution in [2.75, 3.05) is 32.5 Å². The number of aromatic hydroxyl groups is 1. The molecule has 1 fully saturated rings. The van der Waals surface area contributed by atoms with Crippen molar-refractivity contribution in [2.24, 2.45) is 0 Å². The minimum absolute atomic E-state index is 0.103. The van der Waals surface area contributed by atoms with E-state index in [-0.39, 0.29) is 17.2 Å². The Bertz CT molecular complexity index is 807. The first-order valence-corrected chi connectivity index (χ1v) is 9.47. The van der Waals surface area contributed by atoms with E-state index in [0.717, 1.165) is 42.9 Å². The fourth-order valence-corrected chi connectivity index (χ4v) is 3.47. The van der Waals surface area contributed by atoms with Crippen molar-refractivity contribution in [3.05, 3.63) is 53.6 Å². The van der Waals surface area contributed by atoms with E-state index in [9.17, 15) is 9.90 Å². The molecule has 2 aromatic carbocycles. The predicted octanol–water partition coefficient (Wildman–Crippen LogP) is 4.17. The zero-order valence-corrected chi connectivity index (χ0v) is 16.6. The van der Waals surface area contributed by atoms with Crippen molar-refractivity contribution < 1.29 is 9.90 Å². The second kappa shape index (κ2) is 7.61. The molecule has 0 saturated carbocycles. The van der Waals surface area contributed by atoms with Crippen molar-refractivity contribution in [3.8, 4) is 5.75 Å². The summed E-state index contributed by atoms with van der Waals surface area (Å²) in [6.45, 7) is 5.85. The first-order valence-electron chi connectivity index (χ1n) is 9.47. The first-order chi connectivity index (χ1) is 12.8. The fourth-order valence-electron chi connectivity index (χ4n) is 3.47. The van der Waals surface area contributed by atoms with Crippen LogP contribution in [0.15, 0.2) is 42.5 Å². The van der Waals surface area contributed by atoms with E-state index < -0.39 is 0 Å². The second-order valence-corrected chi connectivity index (χ2v) is 7.85. The summed E-state index contributed by atoms with van der Waals surface area (Å²) in [6, 6.07) is 13.1. The van der Waals surface area contributed by atoms with Gasteiger partial charge in [-0.3, -0.25) is 9.69 Å². The lowest BCUT2D eigenvalue weighted by molar-refractivity contribution is 0.0793. The van der Waals surface area contributed by atoms with Gasteiger partial charge in [0.25, 0.3) is 5.91 Å². The van der Waals surface area contributed by atoms with E-state index in [1.165, 1.54) is 0 Å². The number of hydrogen-bond donors (Lipinski definition) is 2. The van der Waals surface area contributed by atoms with Gasteiger partial charge >= 0.3 is 0 Å². The number of hydrogen-bond acceptors (Lipinski definition) is 4. The molecule has 1 aliphatic rings. The Hall–Kier alpha value is -2.53. The molecule has 0 radical (unpaired) electrons. The number of benzene rings is 2. The van der Waals surface area contributed by atoms with Gasteiger partial charge in [-0.1, -0.05) is 6.07 Å². The van der Waals surface area contributed by atoms with E-state index in [0.29, 0.717) is 5.56 Å². The highest BCUT2D eigenvalue weighted by molar-refractivity contribution is 5.94. The average Bonchev–Trinajstić information content (AvgIpc) is 3.16. The molecular weight excluding hydrogens is 338 g/mol. The molecule has 5 nitrogen and oxygen atoms in total. The molecule has 0 aliphatic carbocycles. The standard InChI is InChI=1S/C22H29N3O2/c1-22(2,24(3)4)20-18(8-7-9-19(20)26)23-17-12-10-16(11-13-17)21(27)25-14-5-6-15-25/h7-13,23,26H,5-6,14-15H2,1-4H3. The lowest BCUT2D eigenvalue weighted by Crippen LogP contribution is -2.36. The van der Waals surface area contributed by atoms with E-state index in [1.54, 1.807) is 6.07 Å². The van der Waals surface area contributed by atoms with E-state index in [1.807, 2.05) is 55.4 Å². The van der Waals surface area contributed by atoms with Gasteiger partial charge in [0.2, 0.25) is 0 Å². The predicted molar refractivity (Wildman–Crippen MR) is 110 cm³/mol. The Morgan fingerprint density at radius 1 is 1.07 bits per heavy atom.